The average molecular weight is 436 g/mol. The Bertz CT molecular complexity index is 930. The molecule has 2 aliphatic heterocycles. The lowest BCUT2D eigenvalue weighted by atomic mass is 10.2. The predicted molar refractivity (Wildman–Crippen MR) is 107 cm³/mol. The van der Waals surface area contributed by atoms with Crippen LogP contribution in [0.2, 0.25) is 0 Å². The van der Waals surface area contributed by atoms with E-state index in [0.717, 1.165) is 6.07 Å². The van der Waals surface area contributed by atoms with Crippen molar-refractivity contribution < 1.29 is 27.4 Å². The number of carbonyl (C=O) groups excluding carboxylic acids is 1. The second-order valence-electron chi connectivity index (χ2n) is 7.51. The van der Waals surface area contributed by atoms with Crippen LogP contribution in [0, 0.1) is 0 Å². The van der Waals surface area contributed by atoms with E-state index in [1.165, 1.54) is 6.20 Å². The van der Waals surface area contributed by atoms with Gasteiger partial charge in [0.25, 0.3) is 0 Å². The topological polar surface area (TPSA) is 66.9 Å². The van der Waals surface area contributed by atoms with Gasteiger partial charge in [0.1, 0.15) is 18.9 Å². The van der Waals surface area contributed by atoms with E-state index < -0.39 is 11.9 Å². The van der Waals surface area contributed by atoms with Gasteiger partial charge in [-0.3, -0.25) is 19.6 Å². The lowest BCUT2D eigenvalue weighted by molar-refractivity contribution is -0.141. The Morgan fingerprint density at radius 2 is 1.71 bits per heavy atom. The summed E-state index contributed by atoms with van der Waals surface area (Å²) in [5, 5.41) is 2.87. The van der Waals surface area contributed by atoms with Gasteiger partial charge in [0.15, 0.2) is 11.5 Å². The summed E-state index contributed by atoms with van der Waals surface area (Å²) in [7, 11) is 0. The van der Waals surface area contributed by atoms with Gasteiger partial charge in [0, 0.05) is 50.7 Å². The second kappa shape index (κ2) is 9.11. The van der Waals surface area contributed by atoms with Gasteiger partial charge in [-0.2, -0.15) is 13.2 Å². The van der Waals surface area contributed by atoms with Crippen molar-refractivity contribution in [2.24, 2.45) is 0 Å². The molecule has 31 heavy (non-hydrogen) atoms. The maximum absolute atomic E-state index is 12.8. The van der Waals surface area contributed by atoms with Crippen molar-refractivity contribution in [1.82, 2.24) is 14.8 Å². The molecule has 2 aromatic rings. The first-order valence-corrected chi connectivity index (χ1v) is 10.0. The Hall–Kier alpha value is -2.85. The van der Waals surface area contributed by atoms with E-state index >= 15 is 0 Å². The number of ether oxygens (including phenoxy) is 2. The number of pyridine rings is 1. The third kappa shape index (κ3) is 5.65. The zero-order valence-electron chi connectivity index (χ0n) is 16.8. The number of alkyl halides is 3. The number of rotatable bonds is 5. The molecule has 1 N–H and O–H groups in total. The van der Waals surface area contributed by atoms with Crippen molar-refractivity contribution >= 4 is 11.6 Å². The van der Waals surface area contributed by atoms with Crippen LogP contribution in [0.1, 0.15) is 11.3 Å². The normalized spacial score (nSPS) is 17.4. The molecule has 1 fully saturated rings. The number of nitrogens with one attached hydrogen (secondary N) is 1. The molecule has 0 bridgehead atoms. The van der Waals surface area contributed by atoms with E-state index in [4.69, 9.17) is 9.47 Å². The lowest BCUT2D eigenvalue weighted by Crippen LogP contribution is -2.48. The Balaban J connectivity index is 1.24. The molecule has 1 amide bonds. The van der Waals surface area contributed by atoms with E-state index in [2.05, 4.69) is 15.2 Å². The Kier molecular flexibility index (Phi) is 6.28. The highest BCUT2D eigenvalue weighted by Crippen LogP contribution is 2.32. The standard InChI is InChI=1S/C21H23F3N4O3/c22-21(23,24)19-11-15(3-4-25-19)13-27-5-7-28(8-6-27)14-20(29)26-16-1-2-17-18(12-16)31-10-9-30-17/h1-4,11-12H,5-10,13-14H2,(H,26,29). The third-order valence-corrected chi connectivity index (χ3v) is 5.18. The number of aromatic nitrogens is 1. The van der Waals surface area contributed by atoms with E-state index in [0.29, 0.717) is 68.7 Å². The fourth-order valence-corrected chi connectivity index (χ4v) is 3.62. The summed E-state index contributed by atoms with van der Waals surface area (Å²) in [5.41, 5.74) is 0.345. The molecule has 7 nitrogen and oxygen atoms in total. The smallest absolute Gasteiger partial charge is 0.433 e. The van der Waals surface area contributed by atoms with Gasteiger partial charge in [0.2, 0.25) is 5.91 Å². The van der Waals surface area contributed by atoms with Gasteiger partial charge in [-0.25, -0.2) is 0 Å². The molecule has 10 heteroatoms. The van der Waals surface area contributed by atoms with Crippen LogP contribution in [-0.4, -0.2) is 66.6 Å². The number of nitrogens with zero attached hydrogens (tertiary/aromatic N) is 3. The van der Waals surface area contributed by atoms with Crippen LogP contribution in [0.25, 0.3) is 0 Å². The molecular formula is C21H23F3N4O3. The van der Waals surface area contributed by atoms with Gasteiger partial charge < -0.3 is 14.8 Å². The fourth-order valence-electron chi connectivity index (χ4n) is 3.62. The molecule has 0 unspecified atom stereocenters. The van der Waals surface area contributed by atoms with Crippen LogP contribution in [0.5, 0.6) is 11.5 Å². The number of benzene rings is 1. The maximum Gasteiger partial charge on any atom is 0.433 e. The Morgan fingerprint density at radius 3 is 2.45 bits per heavy atom. The van der Waals surface area contributed by atoms with Crippen molar-refractivity contribution in [1.29, 1.82) is 0 Å². The maximum atomic E-state index is 12.8. The number of hydrogen-bond acceptors (Lipinski definition) is 6. The average Bonchev–Trinajstić information content (AvgIpc) is 2.75. The molecular weight excluding hydrogens is 413 g/mol. The van der Waals surface area contributed by atoms with E-state index in [9.17, 15) is 18.0 Å². The van der Waals surface area contributed by atoms with Crippen molar-refractivity contribution in [3.05, 3.63) is 47.8 Å². The minimum Gasteiger partial charge on any atom is -0.486 e. The van der Waals surface area contributed by atoms with Crippen molar-refractivity contribution in [3.63, 3.8) is 0 Å². The molecule has 1 aromatic carbocycles. The summed E-state index contributed by atoms with van der Waals surface area (Å²) in [6.45, 7) is 4.30. The zero-order valence-corrected chi connectivity index (χ0v) is 16.8. The first-order chi connectivity index (χ1) is 14.9. The molecule has 166 valence electrons. The zero-order chi connectivity index (χ0) is 21.8. The van der Waals surface area contributed by atoms with Crippen LogP contribution in [-0.2, 0) is 17.5 Å². The fraction of sp³-hybridized carbons (Fsp3) is 0.429. The molecule has 4 rings (SSSR count). The highest BCUT2D eigenvalue weighted by molar-refractivity contribution is 5.92. The summed E-state index contributed by atoms with van der Waals surface area (Å²) >= 11 is 0. The molecule has 1 aromatic heterocycles. The molecule has 1 saturated heterocycles. The van der Waals surface area contributed by atoms with Crippen molar-refractivity contribution in [2.75, 3.05) is 51.3 Å². The number of carbonyl (C=O) groups is 1. The summed E-state index contributed by atoms with van der Waals surface area (Å²) in [4.78, 5) is 19.9. The van der Waals surface area contributed by atoms with Crippen molar-refractivity contribution in [2.45, 2.75) is 12.7 Å². The van der Waals surface area contributed by atoms with Gasteiger partial charge in [-0.05, 0) is 29.8 Å². The van der Waals surface area contributed by atoms with E-state index in [1.54, 1.807) is 24.3 Å². The van der Waals surface area contributed by atoms with E-state index in [-0.39, 0.29) is 12.5 Å². The minimum atomic E-state index is -4.45. The first-order valence-electron chi connectivity index (χ1n) is 10.0. The van der Waals surface area contributed by atoms with Gasteiger partial charge in [-0.15, -0.1) is 0 Å². The summed E-state index contributed by atoms with van der Waals surface area (Å²) in [5.74, 6) is 1.15. The second-order valence-corrected chi connectivity index (χ2v) is 7.51. The Labute approximate surface area is 177 Å². The van der Waals surface area contributed by atoms with Crippen LogP contribution in [0.4, 0.5) is 18.9 Å². The number of piperazine rings is 1. The van der Waals surface area contributed by atoms with Gasteiger partial charge in [-0.1, -0.05) is 0 Å². The molecule has 0 aliphatic carbocycles. The van der Waals surface area contributed by atoms with Gasteiger partial charge in [0.05, 0.1) is 6.54 Å². The molecule has 0 spiro atoms. The molecule has 0 radical (unpaired) electrons. The lowest BCUT2D eigenvalue weighted by Gasteiger charge is -2.34. The van der Waals surface area contributed by atoms with Crippen LogP contribution in [0.15, 0.2) is 36.5 Å². The molecule has 0 atom stereocenters. The van der Waals surface area contributed by atoms with E-state index in [1.807, 2.05) is 4.90 Å². The predicted octanol–water partition coefficient (Wildman–Crippen LogP) is 2.63. The highest BCUT2D eigenvalue weighted by atomic mass is 19.4. The van der Waals surface area contributed by atoms with Crippen LogP contribution >= 0.6 is 0 Å². The number of fused-ring (bicyclic) bond motifs is 1. The van der Waals surface area contributed by atoms with Crippen molar-refractivity contribution in [3.8, 4) is 11.5 Å². The quantitative estimate of drug-likeness (QED) is 0.778. The number of amides is 1. The van der Waals surface area contributed by atoms with Gasteiger partial charge >= 0.3 is 6.18 Å². The number of halogens is 3. The first kappa shape index (κ1) is 21.4. The minimum absolute atomic E-state index is 0.130. The summed E-state index contributed by atoms with van der Waals surface area (Å²) in [6.07, 6.45) is -3.25. The number of anilines is 1. The Morgan fingerprint density at radius 1 is 1.00 bits per heavy atom. The molecule has 0 saturated carbocycles. The van der Waals surface area contributed by atoms with Crippen LogP contribution in [0.3, 0.4) is 0 Å². The third-order valence-electron chi connectivity index (χ3n) is 5.18. The highest BCUT2D eigenvalue weighted by Gasteiger charge is 2.32. The summed E-state index contributed by atoms with van der Waals surface area (Å²) < 4.78 is 49.5. The molecule has 3 heterocycles. The number of hydrogen-bond donors (Lipinski definition) is 1. The largest absolute Gasteiger partial charge is 0.486 e. The SMILES string of the molecule is O=C(CN1CCN(Cc2ccnc(C(F)(F)F)c2)CC1)Nc1ccc2c(c1)OCCO2. The molecule has 2 aliphatic rings. The van der Waals surface area contributed by atoms with Crippen LogP contribution < -0.4 is 14.8 Å². The monoisotopic (exact) mass is 436 g/mol. The summed E-state index contributed by atoms with van der Waals surface area (Å²) in [6, 6.07) is 7.98.